The number of nitrogens with zero attached hydrogens (tertiary/aromatic N) is 1. The Kier molecular flexibility index (Phi) is 3.02. The van der Waals surface area contributed by atoms with Gasteiger partial charge in [-0.25, -0.2) is 4.79 Å². The molecule has 0 fully saturated rings. The van der Waals surface area contributed by atoms with Crippen molar-refractivity contribution in [1.82, 2.24) is 4.90 Å². The summed E-state index contributed by atoms with van der Waals surface area (Å²) in [6.07, 6.45) is 1.62. The van der Waals surface area contributed by atoms with Gasteiger partial charge in [-0.1, -0.05) is 0 Å². The molecule has 0 saturated carbocycles. The van der Waals surface area contributed by atoms with Gasteiger partial charge in [-0.05, 0) is 0 Å². The van der Waals surface area contributed by atoms with Crippen LogP contribution in [-0.4, -0.2) is 37.0 Å². The summed E-state index contributed by atoms with van der Waals surface area (Å²) in [6, 6.07) is 0. The molecule has 0 bridgehead atoms. The number of hydrogen-bond acceptors (Lipinski definition) is 4. The lowest BCUT2D eigenvalue weighted by molar-refractivity contribution is -0.137. The van der Waals surface area contributed by atoms with Crippen LogP contribution in [-0.2, 0) is 14.3 Å². The summed E-state index contributed by atoms with van der Waals surface area (Å²) >= 11 is 0. The van der Waals surface area contributed by atoms with Crippen LogP contribution in [0.2, 0.25) is 0 Å². The van der Waals surface area contributed by atoms with Gasteiger partial charge in [-0.2, -0.15) is 0 Å². The first-order valence-electron chi connectivity index (χ1n) is 3.97. The third-order valence-electron chi connectivity index (χ3n) is 1.79. The summed E-state index contributed by atoms with van der Waals surface area (Å²) in [5, 5.41) is 0. The molecule has 1 rings (SSSR count). The Morgan fingerprint density at radius 3 is 3.00 bits per heavy atom. The maximum atomic E-state index is 11.2. The van der Waals surface area contributed by atoms with E-state index in [0.29, 0.717) is 18.7 Å². The standard InChI is InChI=1S/C8H12N2O3/c1-13-8(12)6-4-7(11)10(5-6)3-2-9/h5H,2-4,9H2,1H3. The second-order valence-corrected chi connectivity index (χ2v) is 2.70. The number of nitrogens with two attached hydrogens (primary N) is 1. The summed E-state index contributed by atoms with van der Waals surface area (Å²) < 4.78 is 4.49. The fourth-order valence-electron chi connectivity index (χ4n) is 1.15. The zero-order valence-corrected chi connectivity index (χ0v) is 7.45. The highest BCUT2D eigenvalue weighted by Crippen LogP contribution is 2.16. The Morgan fingerprint density at radius 1 is 1.77 bits per heavy atom. The molecule has 0 aromatic carbocycles. The van der Waals surface area contributed by atoms with Crippen LogP contribution < -0.4 is 5.73 Å². The second kappa shape index (κ2) is 4.04. The zero-order valence-electron chi connectivity index (χ0n) is 7.45. The van der Waals surface area contributed by atoms with Crippen LogP contribution in [0.1, 0.15) is 6.42 Å². The van der Waals surface area contributed by atoms with Gasteiger partial charge in [0.1, 0.15) is 0 Å². The third-order valence-corrected chi connectivity index (χ3v) is 1.79. The van der Waals surface area contributed by atoms with E-state index in [9.17, 15) is 9.59 Å². The van der Waals surface area contributed by atoms with Crippen LogP contribution in [0.4, 0.5) is 0 Å². The van der Waals surface area contributed by atoms with Crippen LogP contribution in [0.3, 0.4) is 0 Å². The van der Waals surface area contributed by atoms with E-state index < -0.39 is 5.97 Å². The number of carbonyl (C=O) groups excluding carboxylic acids is 2. The van der Waals surface area contributed by atoms with E-state index in [4.69, 9.17) is 5.73 Å². The lowest BCUT2D eigenvalue weighted by atomic mass is 10.2. The van der Waals surface area contributed by atoms with Crippen LogP contribution >= 0.6 is 0 Å². The second-order valence-electron chi connectivity index (χ2n) is 2.70. The summed E-state index contributed by atoms with van der Waals surface area (Å²) in [4.78, 5) is 23.7. The van der Waals surface area contributed by atoms with Gasteiger partial charge in [0, 0.05) is 19.3 Å². The van der Waals surface area contributed by atoms with Gasteiger partial charge in [-0.15, -0.1) is 0 Å². The minimum Gasteiger partial charge on any atom is -0.466 e. The molecule has 0 atom stereocenters. The van der Waals surface area contributed by atoms with Gasteiger partial charge in [0.2, 0.25) is 5.91 Å². The molecule has 0 spiro atoms. The van der Waals surface area contributed by atoms with Crippen LogP contribution in [0.5, 0.6) is 0 Å². The monoisotopic (exact) mass is 184 g/mol. The molecule has 0 saturated heterocycles. The van der Waals surface area contributed by atoms with Gasteiger partial charge >= 0.3 is 5.97 Å². The van der Waals surface area contributed by atoms with Crippen molar-refractivity contribution < 1.29 is 14.3 Å². The van der Waals surface area contributed by atoms with Crippen molar-refractivity contribution in [2.75, 3.05) is 20.2 Å². The largest absolute Gasteiger partial charge is 0.466 e. The Labute approximate surface area is 76.1 Å². The Morgan fingerprint density at radius 2 is 2.46 bits per heavy atom. The van der Waals surface area contributed by atoms with E-state index in [0.717, 1.165) is 0 Å². The predicted octanol–water partition coefficient (Wildman–Crippen LogP) is -0.766. The normalized spacial score (nSPS) is 16.0. The molecule has 2 N–H and O–H groups in total. The summed E-state index contributed by atoms with van der Waals surface area (Å²) in [6.45, 7) is 0.829. The average molecular weight is 184 g/mol. The highest BCUT2D eigenvalue weighted by molar-refractivity contribution is 5.98. The number of carbonyl (C=O) groups is 2. The van der Waals surface area contributed by atoms with Crippen molar-refractivity contribution in [3.05, 3.63) is 11.8 Å². The number of methoxy groups -OCH3 is 1. The van der Waals surface area contributed by atoms with E-state index in [1.165, 1.54) is 18.2 Å². The maximum Gasteiger partial charge on any atom is 0.335 e. The summed E-state index contributed by atoms with van der Waals surface area (Å²) in [5.41, 5.74) is 5.68. The Hall–Kier alpha value is -1.36. The smallest absolute Gasteiger partial charge is 0.335 e. The molecule has 0 unspecified atom stereocenters. The molecule has 1 amide bonds. The Balaban J connectivity index is 2.65. The molecule has 0 radical (unpaired) electrons. The highest BCUT2D eigenvalue weighted by Gasteiger charge is 2.25. The minimum absolute atomic E-state index is 0.106. The molecule has 0 aliphatic carbocycles. The van der Waals surface area contributed by atoms with Crippen molar-refractivity contribution in [2.24, 2.45) is 5.73 Å². The first-order chi connectivity index (χ1) is 6.19. The van der Waals surface area contributed by atoms with Crippen LogP contribution in [0.25, 0.3) is 0 Å². The number of ether oxygens (including phenoxy) is 1. The molecule has 5 heteroatoms. The van der Waals surface area contributed by atoms with Gasteiger partial charge in [0.25, 0.3) is 0 Å². The minimum atomic E-state index is -0.451. The lowest BCUT2D eigenvalue weighted by Gasteiger charge is -2.10. The lowest BCUT2D eigenvalue weighted by Crippen LogP contribution is -2.27. The number of hydrogen-bond donors (Lipinski definition) is 1. The van der Waals surface area contributed by atoms with Gasteiger partial charge in [0.15, 0.2) is 0 Å². The highest BCUT2D eigenvalue weighted by atomic mass is 16.5. The fraction of sp³-hybridized carbons (Fsp3) is 0.500. The quantitative estimate of drug-likeness (QED) is 0.585. The summed E-state index contributed by atoms with van der Waals surface area (Å²) in [5.74, 6) is -0.557. The predicted molar refractivity (Wildman–Crippen MR) is 45.5 cm³/mol. The molecular weight excluding hydrogens is 172 g/mol. The van der Waals surface area contributed by atoms with Crippen molar-refractivity contribution in [3.8, 4) is 0 Å². The molecule has 13 heavy (non-hydrogen) atoms. The van der Waals surface area contributed by atoms with Crippen molar-refractivity contribution in [2.45, 2.75) is 6.42 Å². The summed E-state index contributed by atoms with van der Waals surface area (Å²) in [7, 11) is 1.29. The fourth-order valence-corrected chi connectivity index (χ4v) is 1.15. The molecule has 72 valence electrons. The Bertz CT molecular complexity index is 260. The van der Waals surface area contributed by atoms with Crippen molar-refractivity contribution in [1.29, 1.82) is 0 Å². The van der Waals surface area contributed by atoms with Crippen LogP contribution in [0, 0.1) is 0 Å². The van der Waals surface area contributed by atoms with Crippen molar-refractivity contribution in [3.63, 3.8) is 0 Å². The average Bonchev–Trinajstić information content (AvgIpc) is 2.47. The molecular formula is C8H12N2O3. The zero-order chi connectivity index (χ0) is 9.84. The van der Waals surface area contributed by atoms with Crippen molar-refractivity contribution >= 4 is 11.9 Å². The first-order valence-corrected chi connectivity index (χ1v) is 3.97. The van der Waals surface area contributed by atoms with E-state index in [-0.39, 0.29) is 12.3 Å². The molecule has 0 aromatic rings. The van der Waals surface area contributed by atoms with E-state index in [1.54, 1.807) is 0 Å². The van der Waals surface area contributed by atoms with E-state index in [1.807, 2.05) is 0 Å². The molecule has 0 aromatic heterocycles. The molecule has 5 nitrogen and oxygen atoms in total. The van der Waals surface area contributed by atoms with E-state index >= 15 is 0 Å². The SMILES string of the molecule is COC(=O)C1=CN(CCN)C(=O)C1. The number of rotatable bonds is 3. The van der Waals surface area contributed by atoms with Gasteiger partial charge in [0.05, 0.1) is 19.1 Å². The number of amides is 1. The van der Waals surface area contributed by atoms with Crippen LogP contribution in [0.15, 0.2) is 11.8 Å². The number of esters is 1. The van der Waals surface area contributed by atoms with E-state index in [2.05, 4.69) is 4.74 Å². The van der Waals surface area contributed by atoms with Gasteiger partial charge < -0.3 is 15.4 Å². The third kappa shape index (κ3) is 2.06. The molecule has 1 aliphatic heterocycles. The molecule has 1 aliphatic rings. The first kappa shape index (κ1) is 9.73. The molecule has 1 heterocycles. The topological polar surface area (TPSA) is 72.6 Å². The maximum absolute atomic E-state index is 11.2. The van der Waals surface area contributed by atoms with Gasteiger partial charge in [-0.3, -0.25) is 4.79 Å².